The highest BCUT2D eigenvalue weighted by Gasteiger charge is 2.23. The molecule has 0 aliphatic rings. The van der Waals surface area contributed by atoms with E-state index in [0.717, 1.165) is 0 Å². The zero-order chi connectivity index (χ0) is 29.7. The molecule has 0 saturated heterocycles. The van der Waals surface area contributed by atoms with Crippen LogP contribution in [0.5, 0.6) is 0 Å². The third kappa shape index (κ3) is 4.20. The number of benzene rings is 8. The molecule has 1 aromatic heterocycles. The topological polar surface area (TPSA) is 0 Å². The highest BCUT2D eigenvalue weighted by Crippen LogP contribution is 2.53. The van der Waals surface area contributed by atoms with Gasteiger partial charge in [0, 0.05) is 26.1 Å². The fourth-order valence-electron chi connectivity index (χ4n) is 7.06. The monoisotopic (exact) mass is 588 g/mol. The van der Waals surface area contributed by atoms with Crippen molar-refractivity contribution in [2.45, 2.75) is 0 Å². The summed E-state index contributed by atoms with van der Waals surface area (Å²) in [4.78, 5) is 1.32. The van der Waals surface area contributed by atoms with Gasteiger partial charge >= 0.3 is 0 Å². The smallest absolute Gasteiger partial charge is 0.0446 e. The summed E-state index contributed by atoms with van der Waals surface area (Å²) >= 11 is 1.93. The first-order chi connectivity index (χ1) is 22.3. The molecule has 45 heavy (non-hydrogen) atoms. The number of rotatable bonds is 4. The summed E-state index contributed by atoms with van der Waals surface area (Å²) in [7, 11) is 0. The van der Waals surface area contributed by atoms with E-state index in [0.29, 0.717) is 0 Å². The molecule has 1 heteroatoms. The predicted molar refractivity (Wildman–Crippen MR) is 196 cm³/mol. The van der Waals surface area contributed by atoms with E-state index in [1.807, 2.05) is 11.3 Å². The molecule has 0 aliphatic heterocycles. The first kappa shape index (κ1) is 25.9. The summed E-state index contributed by atoms with van der Waals surface area (Å²) in [5.41, 5.74) is 8.93. The van der Waals surface area contributed by atoms with Crippen molar-refractivity contribution in [1.29, 1.82) is 0 Å². The third-order valence-corrected chi connectivity index (χ3v) is 10.3. The van der Waals surface area contributed by atoms with Crippen molar-refractivity contribution in [2.75, 3.05) is 0 Å². The van der Waals surface area contributed by atoms with Crippen LogP contribution in [-0.2, 0) is 0 Å². The van der Waals surface area contributed by atoms with Crippen molar-refractivity contribution in [3.8, 4) is 43.8 Å². The van der Waals surface area contributed by atoms with Crippen molar-refractivity contribution in [2.24, 2.45) is 0 Å². The molecule has 8 aromatic carbocycles. The van der Waals surface area contributed by atoms with E-state index in [4.69, 9.17) is 0 Å². The lowest BCUT2D eigenvalue weighted by Crippen LogP contribution is -1.90. The van der Waals surface area contributed by atoms with E-state index >= 15 is 0 Å². The van der Waals surface area contributed by atoms with Crippen LogP contribution in [0.15, 0.2) is 170 Å². The van der Waals surface area contributed by atoms with Gasteiger partial charge in [0.1, 0.15) is 0 Å². The van der Waals surface area contributed by atoms with Gasteiger partial charge in [-0.2, -0.15) is 0 Å². The van der Waals surface area contributed by atoms with Crippen molar-refractivity contribution in [3.05, 3.63) is 170 Å². The molecule has 0 bridgehead atoms. The summed E-state index contributed by atoms with van der Waals surface area (Å²) in [6, 6.07) is 62.1. The Bertz CT molecular complexity index is 2460. The highest BCUT2D eigenvalue weighted by molar-refractivity contribution is 7.23. The SMILES string of the molecule is c1ccc(-c2c3ccccc3c(-c3sc4c(-c5ccccc5)cccc4c3-c3ccc4ccccc4c3)c3ccccc23)cc1. The van der Waals surface area contributed by atoms with Crippen LogP contribution in [0.1, 0.15) is 0 Å². The quantitative estimate of drug-likeness (QED) is 0.179. The maximum Gasteiger partial charge on any atom is 0.0446 e. The van der Waals surface area contributed by atoms with Gasteiger partial charge in [-0.15, -0.1) is 11.3 Å². The Morgan fingerprint density at radius 3 is 1.51 bits per heavy atom. The van der Waals surface area contributed by atoms with Gasteiger partial charge in [-0.25, -0.2) is 0 Å². The van der Waals surface area contributed by atoms with Gasteiger partial charge < -0.3 is 0 Å². The van der Waals surface area contributed by atoms with Crippen LogP contribution in [0, 0.1) is 0 Å². The van der Waals surface area contributed by atoms with Crippen LogP contribution in [0.25, 0.3) is 86.2 Å². The average Bonchev–Trinajstić information content (AvgIpc) is 3.50. The van der Waals surface area contributed by atoms with E-state index in [1.54, 1.807) is 0 Å². The molecule has 0 radical (unpaired) electrons. The van der Waals surface area contributed by atoms with Gasteiger partial charge in [0.05, 0.1) is 0 Å². The number of hydrogen-bond acceptors (Lipinski definition) is 1. The molecular weight excluding hydrogens is 561 g/mol. The van der Waals surface area contributed by atoms with Gasteiger partial charge in [0.15, 0.2) is 0 Å². The second-order valence-electron chi connectivity index (χ2n) is 11.6. The van der Waals surface area contributed by atoms with Crippen LogP contribution < -0.4 is 0 Å². The van der Waals surface area contributed by atoms with Crippen molar-refractivity contribution in [1.82, 2.24) is 0 Å². The fraction of sp³-hybridized carbons (Fsp3) is 0. The molecule has 0 atom stereocenters. The molecule has 0 saturated carbocycles. The minimum atomic E-state index is 1.24. The summed E-state index contributed by atoms with van der Waals surface area (Å²) in [6.07, 6.45) is 0. The first-order valence-electron chi connectivity index (χ1n) is 15.4. The lowest BCUT2D eigenvalue weighted by atomic mass is 9.86. The van der Waals surface area contributed by atoms with E-state index in [1.165, 1.54) is 86.2 Å². The van der Waals surface area contributed by atoms with Gasteiger partial charge in [-0.3, -0.25) is 0 Å². The maximum absolute atomic E-state index is 2.37. The fourth-order valence-corrected chi connectivity index (χ4v) is 8.49. The molecule has 1 heterocycles. The van der Waals surface area contributed by atoms with Crippen LogP contribution in [0.3, 0.4) is 0 Å². The molecule has 210 valence electrons. The van der Waals surface area contributed by atoms with Gasteiger partial charge in [0.25, 0.3) is 0 Å². The van der Waals surface area contributed by atoms with Crippen molar-refractivity contribution in [3.63, 3.8) is 0 Å². The lowest BCUT2D eigenvalue weighted by molar-refractivity contribution is 1.66. The van der Waals surface area contributed by atoms with Gasteiger partial charge in [0.2, 0.25) is 0 Å². The Labute approximate surface area is 266 Å². The lowest BCUT2D eigenvalue weighted by Gasteiger charge is -2.18. The zero-order valence-electron chi connectivity index (χ0n) is 24.6. The van der Waals surface area contributed by atoms with Crippen LogP contribution >= 0.6 is 11.3 Å². The molecule has 0 unspecified atom stereocenters. The van der Waals surface area contributed by atoms with Gasteiger partial charge in [-0.1, -0.05) is 164 Å². The Morgan fingerprint density at radius 2 is 0.844 bits per heavy atom. The zero-order valence-corrected chi connectivity index (χ0v) is 25.4. The van der Waals surface area contributed by atoms with Gasteiger partial charge in [-0.05, 0) is 66.2 Å². The average molecular weight is 589 g/mol. The molecule has 9 rings (SSSR count). The van der Waals surface area contributed by atoms with Crippen LogP contribution in [-0.4, -0.2) is 0 Å². The molecule has 0 fully saturated rings. The van der Waals surface area contributed by atoms with E-state index in [2.05, 4.69) is 170 Å². The summed E-state index contributed by atoms with van der Waals surface area (Å²) in [5, 5.41) is 8.94. The van der Waals surface area contributed by atoms with Crippen molar-refractivity contribution >= 4 is 53.7 Å². The van der Waals surface area contributed by atoms with Crippen molar-refractivity contribution < 1.29 is 0 Å². The minimum Gasteiger partial charge on any atom is -0.134 e. The van der Waals surface area contributed by atoms with E-state index in [-0.39, 0.29) is 0 Å². The van der Waals surface area contributed by atoms with Crippen LogP contribution in [0.4, 0.5) is 0 Å². The second-order valence-corrected chi connectivity index (χ2v) is 12.6. The minimum absolute atomic E-state index is 1.24. The number of thiophene rings is 1. The normalized spacial score (nSPS) is 11.6. The van der Waals surface area contributed by atoms with Crippen LogP contribution in [0.2, 0.25) is 0 Å². The molecule has 0 spiro atoms. The van der Waals surface area contributed by atoms with E-state index in [9.17, 15) is 0 Å². The molecule has 0 nitrogen and oxygen atoms in total. The standard InChI is InChI=1S/C44H28S/c1-3-15-30(16-4-1)34-24-13-25-39-41(33-27-26-29-14-7-8-19-32(29)28-33)44(45-43(34)39)42-37-22-11-9-20-35(37)40(31-17-5-2-6-18-31)36-21-10-12-23-38(36)42/h1-28H. The second kappa shape index (κ2) is 10.6. The molecule has 0 aliphatic carbocycles. The summed E-state index contributed by atoms with van der Waals surface area (Å²) in [5.74, 6) is 0. The summed E-state index contributed by atoms with van der Waals surface area (Å²) in [6.45, 7) is 0. The predicted octanol–water partition coefficient (Wildman–Crippen LogP) is 13.0. The third-order valence-electron chi connectivity index (χ3n) is 9.06. The van der Waals surface area contributed by atoms with E-state index < -0.39 is 0 Å². The Kier molecular flexibility index (Phi) is 6.11. The Hall–Kier alpha value is -5.50. The first-order valence-corrected chi connectivity index (χ1v) is 16.3. The Morgan fingerprint density at radius 1 is 0.311 bits per heavy atom. The number of hydrogen-bond donors (Lipinski definition) is 0. The molecular formula is C44H28S. The molecule has 0 amide bonds. The molecule has 0 N–H and O–H groups in total. The summed E-state index contributed by atoms with van der Waals surface area (Å²) < 4.78 is 1.32. The number of fused-ring (bicyclic) bond motifs is 4. The Balaban J connectivity index is 1.45. The largest absolute Gasteiger partial charge is 0.134 e. The highest BCUT2D eigenvalue weighted by atomic mass is 32.1. The molecule has 9 aromatic rings. The maximum atomic E-state index is 2.37.